The van der Waals surface area contributed by atoms with E-state index in [0.29, 0.717) is 37.4 Å². The number of rotatable bonds is 7. The zero-order valence-corrected chi connectivity index (χ0v) is 16.3. The summed E-state index contributed by atoms with van der Waals surface area (Å²) in [4.78, 5) is 36.1. The summed E-state index contributed by atoms with van der Waals surface area (Å²) in [7, 11) is 0. The minimum atomic E-state index is -0.827. The lowest BCUT2D eigenvalue weighted by molar-refractivity contribution is -0.139. The Labute approximate surface area is 151 Å². The average molecular weight is 350 g/mol. The topological polar surface area (TPSA) is 71.4 Å². The fourth-order valence-electron chi connectivity index (χ4n) is 5.16. The van der Waals surface area contributed by atoms with E-state index in [-0.39, 0.29) is 29.5 Å². The van der Waals surface area contributed by atoms with Crippen molar-refractivity contribution in [1.29, 1.82) is 0 Å². The zero-order valence-electron chi connectivity index (χ0n) is 16.3. The number of Topliss-reactive ketones (excluding diaryl/α,β-unsaturated/α-hetero) is 2. The Morgan fingerprint density at radius 3 is 2.56 bits per heavy atom. The lowest BCUT2D eigenvalue weighted by Gasteiger charge is -2.37. The molecule has 0 aromatic heterocycles. The number of carbonyl (C=O) groups is 3. The van der Waals surface area contributed by atoms with Gasteiger partial charge in [-0.25, -0.2) is 0 Å². The molecule has 0 aromatic rings. The van der Waals surface area contributed by atoms with Crippen molar-refractivity contribution in [3.05, 3.63) is 0 Å². The van der Waals surface area contributed by atoms with Crippen molar-refractivity contribution in [2.45, 2.75) is 85.5 Å². The van der Waals surface area contributed by atoms with E-state index in [9.17, 15) is 14.4 Å². The second kappa shape index (κ2) is 7.59. The molecule has 0 aliphatic heterocycles. The Morgan fingerprint density at radius 2 is 1.96 bits per heavy atom. The minimum Gasteiger partial charge on any atom is -0.481 e. The van der Waals surface area contributed by atoms with Gasteiger partial charge in [-0.15, -0.1) is 0 Å². The summed E-state index contributed by atoms with van der Waals surface area (Å²) in [6, 6.07) is 0. The average Bonchev–Trinajstić information content (AvgIpc) is 2.68. The van der Waals surface area contributed by atoms with Crippen LogP contribution in [0, 0.1) is 28.6 Å². The van der Waals surface area contributed by atoms with Crippen LogP contribution in [0.25, 0.3) is 0 Å². The molecule has 4 nitrogen and oxygen atoms in total. The van der Waals surface area contributed by atoms with Gasteiger partial charge in [0.2, 0.25) is 0 Å². The lowest BCUT2D eigenvalue weighted by atomic mass is 9.66. The standard InChI is InChI=1S/C21H34O4/c1-14(2)11-18(23)21(4,10-8-19(24)25)15-5-6-16-12-17(22)13-20(16,3)9-7-15/h14-16H,5-13H2,1-4H3,(H,24,25). The van der Waals surface area contributed by atoms with Gasteiger partial charge in [0.1, 0.15) is 11.6 Å². The van der Waals surface area contributed by atoms with Crippen LogP contribution < -0.4 is 0 Å². The quantitative estimate of drug-likeness (QED) is 0.725. The molecule has 0 spiro atoms. The molecular formula is C21H34O4. The molecule has 0 bridgehead atoms. The first-order valence-electron chi connectivity index (χ1n) is 9.83. The number of aliphatic carboxylic acids is 1. The molecule has 2 saturated carbocycles. The lowest BCUT2D eigenvalue weighted by Crippen LogP contribution is -2.37. The van der Waals surface area contributed by atoms with E-state index >= 15 is 0 Å². The molecule has 4 unspecified atom stereocenters. The van der Waals surface area contributed by atoms with Gasteiger partial charge >= 0.3 is 5.97 Å². The van der Waals surface area contributed by atoms with Gasteiger partial charge in [-0.3, -0.25) is 14.4 Å². The highest BCUT2D eigenvalue weighted by Crippen LogP contribution is 2.53. The minimum absolute atomic E-state index is 0.0516. The maximum atomic E-state index is 13.0. The van der Waals surface area contributed by atoms with Crippen LogP contribution in [0.3, 0.4) is 0 Å². The predicted molar refractivity (Wildman–Crippen MR) is 97.2 cm³/mol. The van der Waals surface area contributed by atoms with Gasteiger partial charge in [-0.2, -0.15) is 0 Å². The SMILES string of the molecule is CC(C)CC(=O)C(C)(CCC(=O)O)C1CCC2CC(=O)CC2(C)CC1. The third-order valence-corrected chi connectivity index (χ3v) is 6.98. The van der Waals surface area contributed by atoms with Gasteiger partial charge in [0, 0.05) is 31.1 Å². The van der Waals surface area contributed by atoms with Crippen LogP contribution in [-0.2, 0) is 14.4 Å². The Hall–Kier alpha value is -1.19. The summed E-state index contributed by atoms with van der Waals surface area (Å²) in [6.45, 7) is 8.31. The van der Waals surface area contributed by atoms with Crippen LogP contribution in [0.4, 0.5) is 0 Å². The van der Waals surface area contributed by atoms with E-state index < -0.39 is 11.4 Å². The summed E-state index contributed by atoms with van der Waals surface area (Å²) in [5.41, 5.74) is -0.470. The molecule has 0 aromatic carbocycles. The Balaban J connectivity index is 2.18. The molecule has 2 rings (SSSR count). The van der Waals surface area contributed by atoms with Crippen molar-refractivity contribution in [3.8, 4) is 0 Å². The molecule has 0 heterocycles. The summed E-state index contributed by atoms with van der Waals surface area (Å²) in [5.74, 6) is 0.741. The van der Waals surface area contributed by atoms with Gasteiger partial charge < -0.3 is 5.11 Å². The van der Waals surface area contributed by atoms with Crippen LogP contribution >= 0.6 is 0 Å². The largest absolute Gasteiger partial charge is 0.481 e. The highest BCUT2D eigenvalue weighted by atomic mass is 16.4. The second-order valence-electron chi connectivity index (χ2n) is 9.42. The van der Waals surface area contributed by atoms with E-state index in [1.165, 1.54) is 0 Å². The van der Waals surface area contributed by atoms with Crippen LogP contribution in [-0.4, -0.2) is 22.6 Å². The van der Waals surface area contributed by atoms with Crippen molar-refractivity contribution in [3.63, 3.8) is 0 Å². The number of carboxylic acids is 1. The molecular weight excluding hydrogens is 316 g/mol. The van der Waals surface area contributed by atoms with E-state index in [2.05, 4.69) is 6.92 Å². The highest BCUT2D eigenvalue weighted by molar-refractivity contribution is 5.85. The molecule has 4 atom stereocenters. The number of hydrogen-bond acceptors (Lipinski definition) is 3. The van der Waals surface area contributed by atoms with Crippen molar-refractivity contribution >= 4 is 17.5 Å². The van der Waals surface area contributed by atoms with Crippen molar-refractivity contribution in [2.75, 3.05) is 0 Å². The zero-order chi connectivity index (χ0) is 18.8. The molecule has 142 valence electrons. The van der Waals surface area contributed by atoms with Crippen LogP contribution in [0.5, 0.6) is 0 Å². The summed E-state index contributed by atoms with van der Waals surface area (Å²) in [5, 5.41) is 9.15. The van der Waals surface area contributed by atoms with Crippen LogP contribution in [0.1, 0.15) is 85.5 Å². The first-order chi connectivity index (χ1) is 11.6. The Kier molecular flexibility index (Phi) is 6.11. The van der Waals surface area contributed by atoms with Crippen molar-refractivity contribution < 1.29 is 19.5 Å². The van der Waals surface area contributed by atoms with Gasteiger partial charge in [-0.05, 0) is 55.3 Å². The molecule has 0 amide bonds. The molecule has 2 aliphatic carbocycles. The maximum absolute atomic E-state index is 13.0. The Morgan fingerprint density at radius 1 is 1.28 bits per heavy atom. The number of ketones is 2. The molecule has 0 saturated heterocycles. The number of carbonyl (C=O) groups excluding carboxylic acids is 2. The van der Waals surface area contributed by atoms with Crippen LogP contribution in [0.2, 0.25) is 0 Å². The monoisotopic (exact) mass is 350 g/mol. The van der Waals surface area contributed by atoms with E-state index in [1.807, 2.05) is 20.8 Å². The summed E-state index contributed by atoms with van der Waals surface area (Å²) >= 11 is 0. The van der Waals surface area contributed by atoms with E-state index in [4.69, 9.17) is 5.11 Å². The smallest absolute Gasteiger partial charge is 0.303 e. The van der Waals surface area contributed by atoms with E-state index in [0.717, 1.165) is 25.7 Å². The maximum Gasteiger partial charge on any atom is 0.303 e. The number of hydrogen-bond donors (Lipinski definition) is 1. The fourth-order valence-corrected chi connectivity index (χ4v) is 5.16. The first-order valence-corrected chi connectivity index (χ1v) is 9.83. The third-order valence-electron chi connectivity index (χ3n) is 6.98. The van der Waals surface area contributed by atoms with E-state index in [1.54, 1.807) is 0 Å². The molecule has 4 heteroatoms. The predicted octanol–water partition coefficient (Wildman–Crippen LogP) is 4.65. The fraction of sp³-hybridized carbons (Fsp3) is 0.857. The molecule has 1 N–H and O–H groups in total. The van der Waals surface area contributed by atoms with Gasteiger partial charge in [-0.1, -0.05) is 27.7 Å². The summed E-state index contributed by atoms with van der Waals surface area (Å²) in [6.07, 6.45) is 6.20. The van der Waals surface area contributed by atoms with Crippen LogP contribution in [0.15, 0.2) is 0 Å². The number of carboxylic acid groups (broad SMARTS) is 1. The molecule has 25 heavy (non-hydrogen) atoms. The first kappa shape index (κ1) is 20.1. The van der Waals surface area contributed by atoms with Gasteiger partial charge in [0.15, 0.2) is 0 Å². The normalized spacial score (nSPS) is 32.1. The number of fused-ring (bicyclic) bond motifs is 1. The Bertz CT molecular complexity index is 538. The summed E-state index contributed by atoms with van der Waals surface area (Å²) < 4.78 is 0. The second-order valence-corrected chi connectivity index (χ2v) is 9.42. The van der Waals surface area contributed by atoms with Crippen molar-refractivity contribution in [2.24, 2.45) is 28.6 Å². The molecule has 2 fully saturated rings. The third kappa shape index (κ3) is 4.51. The molecule has 0 radical (unpaired) electrons. The van der Waals surface area contributed by atoms with Gasteiger partial charge in [0.05, 0.1) is 0 Å². The van der Waals surface area contributed by atoms with Crippen molar-refractivity contribution in [1.82, 2.24) is 0 Å². The molecule has 2 aliphatic rings. The van der Waals surface area contributed by atoms with Gasteiger partial charge in [0.25, 0.3) is 0 Å². The highest BCUT2D eigenvalue weighted by Gasteiger charge is 2.48.